The first-order valence-corrected chi connectivity index (χ1v) is 13.1. The minimum atomic E-state index is -0.956. The number of likely N-dealkylation sites (tertiary alicyclic amines) is 1. The van der Waals surface area contributed by atoms with Gasteiger partial charge >= 0.3 is 12.1 Å². The molecule has 2 aromatic carbocycles. The molecule has 1 spiro atoms. The molecule has 0 unspecified atom stereocenters. The molecule has 3 heterocycles. The van der Waals surface area contributed by atoms with Crippen LogP contribution in [-0.4, -0.2) is 103 Å². The number of hydrogen-bond donors (Lipinski definition) is 1. The lowest BCUT2D eigenvalue weighted by molar-refractivity contribution is -0.134. The first kappa shape index (κ1) is 26.0. The third kappa shape index (κ3) is 5.46. The highest BCUT2D eigenvalue weighted by molar-refractivity contribution is 5.94. The molecule has 0 bridgehead atoms. The zero-order valence-electron chi connectivity index (χ0n) is 21.5. The Hall–Kier alpha value is -3.63. The van der Waals surface area contributed by atoms with Gasteiger partial charge in [-0.2, -0.15) is 0 Å². The summed E-state index contributed by atoms with van der Waals surface area (Å²) in [6, 6.07) is 17.0. The highest BCUT2D eigenvalue weighted by Crippen LogP contribution is 2.40. The summed E-state index contributed by atoms with van der Waals surface area (Å²) in [4.78, 5) is 45.6. The minimum absolute atomic E-state index is 0.00937. The monoisotopic (exact) mass is 522 g/mol. The van der Waals surface area contributed by atoms with Gasteiger partial charge in [0.25, 0.3) is 0 Å². The van der Waals surface area contributed by atoms with Crippen LogP contribution in [0.4, 0.5) is 10.5 Å². The van der Waals surface area contributed by atoms with Gasteiger partial charge in [0.15, 0.2) is 0 Å². The van der Waals surface area contributed by atoms with Gasteiger partial charge in [-0.25, -0.2) is 9.59 Å². The van der Waals surface area contributed by atoms with Crippen LogP contribution in [0.25, 0.3) is 0 Å². The molecule has 10 nitrogen and oxygen atoms in total. The number of carbonyl (C=O) groups excluding carboxylic acids is 2. The molecule has 38 heavy (non-hydrogen) atoms. The largest absolute Gasteiger partial charge is 0.465 e. The molecule has 10 heteroatoms. The number of para-hydroxylation sites is 1. The Morgan fingerprint density at radius 1 is 0.974 bits per heavy atom. The predicted molar refractivity (Wildman–Crippen MR) is 140 cm³/mol. The summed E-state index contributed by atoms with van der Waals surface area (Å²) < 4.78 is 10.9. The van der Waals surface area contributed by atoms with Crippen molar-refractivity contribution in [1.29, 1.82) is 0 Å². The second-order valence-electron chi connectivity index (χ2n) is 10.00. The van der Waals surface area contributed by atoms with E-state index >= 15 is 0 Å². The molecule has 0 saturated carbocycles. The van der Waals surface area contributed by atoms with E-state index in [1.807, 2.05) is 42.5 Å². The van der Waals surface area contributed by atoms with Crippen LogP contribution >= 0.6 is 0 Å². The Labute approximate surface area is 222 Å². The molecule has 5 rings (SSSR count). The summed E-state index contributed by atoms with van der Waals surface area (Å²) in [6.45, 7) is 5.43. The van der Waals surface area contributed by atoms with E-state index in [1.165, 1.54) is 4.90 Å². The standard InChI is InChI=1S/C28H34N4O6/c33-25(38-18-15-29-13-16-37-17-14-29)23-6-4-5-22(19-23)20-31-21-32(24-7-2-1-3-8-24)28(26(31)34)9-11-30(12-10-28)27(35)36/h1-8,19H,9-18,20-21H2,(H,35,36). The number of hydrogen-bond acceptors (Lipinski definition) is 7. The van der Waals surface area contributed by atoms with Crippen molar-refractivity contribution in [3.05, 3.63) is 65.7 Å². The summed E-state index contributed by atoms with van der Waals surface area (Å²) in [5.41, 5.74) is 1.45. The van der Waals surface area contributed by atoms with Crippen molar-refractivity contribution in [3.8, 4) is 0 Å². The van der Waals surface area contributed by atoms with Gasteiger partial charge in [-0.1, -0.05) is 30.3 Å². The van der Waals surface area contributed by atoms with Gasteiger partial charge in [-0.05, 0) is 42.7 Å². The molecule has 2 aromatic rings. The SMILES string of the molecule is O=C(OCCN1CCOCC1)c1cccc(CN2CN(c3ccccc3)C3(CCN(C(=O)O)CC3)C2=O)c1. The van der Waals surface area contributed by atoms with Gasteiger partial charge in [0, 0.05) is 45.0 Å². The van der Waals surface area contributed by atoms with Crippen molar-refractivity contribution in [3.63, 3.8) is 0 Å². The predicted octanol–water partition coefficient (Wildman–Crippen LogP) is 2.49. The van der Waals surface area contributed by atoms with Crippen LogP contribution in [0.1, 0.15) is 28.8 Å². The molecule has 202 valence electrons. The van der Waals surface area contributed by atoms with Gasteiger partial charge < -0.3 is 29.3 Å². The number of benzene rings is 2. The topological polar surface area (TPSA) is 103 Å². The maximum Gasteiger partial charge on any atom is 0.407 e. The van der Waals surface area contributed by atoms with Crippen molar-refractivity contribution in [2.45, 2.75) is 24.9 Å². The number of amides is 2. The number of esters is 1. The Morgan fingerprint density at radius 3 is 2.42 bits per heavy atom. The van der Waals surface area contributed by atoms with Crippen LogP contribution < -0.4 is 4.90 Å². The molecular formula is C28H34N4O6. The van der Waals surface area contributed by atoms with Gasteiger partial charge in [0.05, 0.1) is 25.4 Å². The summed E-state index contributed by atoms with van der Waals surface area (Å²) in [6.07, 6.45) is -0.0972. The third-order valence-corrected chi connectivity index (χ3v) is 7.72. The summed E-state index contributed by atoms with van der Waals surface area (Å²) in [5.74, 6) is -0.388. The van der Waals surface area contributed by atoms with Crippen LogP contribution in [0.3, 0.4) is 0 Å². The van der Waals surface area contributed by atoms with Crippen LogP contribution in [0.15, 0.2) is 54.6 Å². The van der Waals surface area contributed by atoms with Gasteiger partial charge in [0.1, 0.15) is 12.1 Å². The van der Waals surface area contributed by atoms with Crippen molar-refractivity contribution in [2.24, 2.45) is 0 Å². The molecular weight excluding hydrogens is 488 g/mol. The average molecular weight is 523 g/mol. The maximum absolute atomic E-state index is 13.9. The van der Waals surface area contributed by atoms with E-state index in [0.29, 0.717) is 71.1 Å². The second kappa shape index (κ2) is 11.4. The molecule has 3 fully saturated rings. The van der Waals surface area contributed by atoms with E-state index in [9.17, 15) is 19.5 Å². The first-order valence-electron chi connectivity index (χ1n) is 13.1. The number of piperidine rings is 1. The molecule has 0 radical (unpaired) electrons. The number of carboxylic acid groups (broad SMARTS) is 1. The third-order valence-electron chi connectivity index (χ3n) is 7.72. The molecule has 1 N–H and O–H groups in total. The number of carbonyl (C=O) groups is 3. The van der Waals surface area contributed by atoms with Crippen molar-refractivity contribution >= 4 is 23.7 Å². The summed E-state index contributed by atoms with van der Waals surface area (Å²) in [7, 11) is 0. The summed E-state index contributed by atoms with van der Waals surface area (Å²) >= 11 is 0. The number of morpholine rings is 1. The van der Waals surface area contributed by atoms with Crippen molar-refractivity contribution in [2.75, 3.05) is 64.1 Å². The normalized spacial score (nSPS) is 19.7. The van der Waals surface area contributed by atoms with Crippen LogP contribution in [0.5, 0.6) is 0 Å². The fourth-order valence-electron chi connectivity index (χ4n) is 5.58. The molecule has 2 amide bonds. The van der Waals surface area contributed by atoms with Crippen LogP contribution in [-0.2, 0) is 20.8 Å². The zero-order valence-corrected chi connectivity index (χ0v) is 21.5. The van der Waals surface area contributed by atoms with Gasteiger partial charge in [-0.15, -0.1) is 0 Å². The number of rotatable bonds is 7. The maximum atomic E-state index is 13.9. The lowest BCUT2D eigenvalue weighted by atomic mass is 9.85. The van der Waals surface area contributed by atoms with Crippen LogP contribution in [0, 0.1) is 0 Å². The van der Waals surface area contributed by atoms with Gasteiger partial charge in [0.2, 0.25) is 5.91 Å². The quantitative estimate of drug-likeness (QED) is 0.554. The highest BCUT2D eigenvalue weighted by Gasteiger charge is 2.54. The average Bonchev–Trinajstić information content (AvgIpc) is 3.20. The smallest absolute Gasteiger partial charge is 0.407 e. The highest BCUT2D eigenvalue weighted by atomic mass is 16.5. The lowest BCUT2D eigenvalue weighted by Crippen LogP contribution is -2.57. The Bertz CT molecular complexity index is 1150. The Morgan fingerprint density at radius 2 is 1.71 bits per heavy atom. The minimum Gasteiger partial charge on any atom is -0.465 e. The van der Waals surface area contributed by atoms with E-state index in [0.717, 1.165) is 24.3 Å². The molecule has 0 aromatic heterocycles. The van der Waals surface area contributed by atoms with E-state index in [-0.39, 0.29) is 11.9 Å². The fourth-order valence-corrected chi connectivity index (χ4v) is 5.58. The molecule has 0 atom stereocenters. The second-order valence-corrected chi connectivity index (χ2v) is 10.00. The molecule has 3 aliphatic rings. The number of anilines is 1. The van der Waals surface area contributed by atoms with E-state index < -0.39 is 11.6 Å². The number of ether oxygens (including phenoxy) is 2. The lowest BCUT2D eigenvalue weighted by Gasteiger charge is -2.42. The van der Waals surface area contributed by atoms with Crippen molar-refractivity contribution < 1.29 is 29.0 Å². The first-order chi connectivity index (χ1) is 18.5. The fraction of sp³-hybridized carbons (Fsp3) is 0.464. The molecule has 3 aliphatic heterocycles. The van der Waals surface area contributed by atoms with Crippen LogP contribution in [0.2, 0.25) is 0 Å². The Kier molecular flexibility index (Phi) is 7.80. The van der Waals surface area contributed by atoms with E-state index in [1.54, 1.807) is 17.0 Å². The van der Waals surface area contributed by atoms with Crippen molar-refractivity contribution in [1.82, 2.24) is 14.7 Å². The molecule has 3 saturated heterocycles. The Balaban J connectivity index is 1.27. The van der Waals surface area contributed by atoms with E-state index in [4.69, 9.17) is 9.47 Å². The van der Waals surface area contributed by atoms with E-state index in [2.05, 4.69) is 9.80 Å². The summed E-state index contributed by atoms with van der Waals surface area (Å²) in [5, 5.41) is 9.43. The van der Waals surface area contributed by atoms with Gasteiger partial charge in [-0.3, -0.25) is 9.69 Å². The number of nitrogens with zero attached hydrogens (tertiary/aromatic N) is 4. The molecule has 0 aliphatic carbocycles. The zero-order chi connectivity index (χ0) is 26.5.